The quantitative estimate of drug-likeness (QED) is 0.295. The zero-order chi connectivity index (χ0) is 23.0. The van der Waals surface area contributed by atoms with E-state index in [4.69, 9.17) is 9.47 Å². The Morgan fingerprint density at radius 3 is 2.55 bits per heavy atom. The SMILES string of the molecule is COc1cc(/C=N/NC(=O)Cc2ccc(C)cc2)ccc1OCc1cccc2ccccc12. The molecule has 5 heteroatoms. The second-order valence-corrected chi connectivity index (χ2v) is 7.79. The first kappa shape index (κ1) is 22.1. The highest BCUT2D eigenvalue weighted by atomic mass is 16.5. The van der Waals surface area contributed by atoms with Crippen molar-refractivity contribution in [2.45, 2.75) is 20.0 Å². The van der Waals surface area contributed by atoms with Gasteiger partial charge in [0, 0.05) is 0 Å². The summed E-state index contributed by atoms with van der Waals surface area (Å²) in [6, 6.07) is 27.8. The average Bonchev–Trinajstić information content (AvgIpc) is 2.84. The first-order valence-corrected chi connectivity index (χ1v) is 10.8. The van der Waals surface area contributed by atoms with Crippen LogP contribution in [0, 0.1) is 6.92 Å². The standard InChI is InChI=1S/C28H26N2O3/c1-20-10-12-21(13-11-20)17-28(31)30-29-18-22-14-15-26(27(16-22)32-2)33-19-24-8-5-7-23-6-3-4-9-25(23)24/h3-16,18H,17,19H2,1-2H3,(H,30,31)/b29-18+. The number of aryl methyl sites for hydroxylation is 1. The number of nitrogens with one attached hydrogen (secondary N) is 1. The lowest BCUT2D eigenvalue weighted by Crippen LogP contribution is -2.19. The summed E-state index contributed by atoms with van der Waals surface area (Å²) in [6.45, 7) is 2.45. The highest BCUT2D eigenvalue weighted by molar-refractivity contribution is 5.86. The second-order valence-electron chi connectivity index (χ2n) is 7.79. The van der Waals surface area contributed by atoms with Crippen molar-refractivity contribution < 1.29 is 14.3 Å². The second kappa shape index (κ2) is 10.5. The Morgan fingerprint density at radius 2 is 1.73 bits per heavy atom. The highest BCUT2D eigenvalue weighted by Gasteiger charge is 2.08. The molecule has 0 spiro atoms. The number of nitrogens with zero attached hydrogens (tertiary/aromatic N) is 1. The van der Waals surface area contributed by atoms with Gasteiger partial charge in [0.05, 0.1) is 19.7 Å². The number of hydrogen-bond donors (Lipinski definition) is 1. The molecule has 0 saturated carbocycles. The molecule has 0 radical (unpaired) electrons. The van der Waals surface area contributed by atoms with Gasteiger partial charge in [-0.15, -0.1) is 0 Å². The van der Waals surface area contributed by atoms with Crippen LogP contribution in [0.1, 0.15) is 22.3 Å². The Bertz CT molecular complexity index is 1270. The van der Waals surface area contributed by atoms with Gasteiger partial charge in [0.25, 0.3) is 0 Å². The molecule has 1 N–H and O–H groups in total. The van der Waals surface area contributed by atoms with E-state index in [-0.39, 0.29) is 12.3 Å². The van der Waals surface area contributed by atoms with Gasteiger partial charge in [0.15, 0.2) is 11.5 Å². The van der Waals surface area contributed by atoms with Crippen molar-refractivity contribution in [1.82, 2.24) is 5.43 Å². The minimum Gasteiger partial charge on any atom is -0.493 e. The van der Waals surface area contributed by atoms with Crippen molar-refractivity contribution in [1.29, 1.82) is 0 Å². The summed E-state index contributed by atoms with van der Waals surface area (Å²) < 4.78 is 11.6. The van der Waals surface area contributed by atoms with E-state index in [1.807, 2.05) is 67.6 Å². The molecule has 0 aliphatic rings. The molecule has 33 heavy (non-hydrogen) atoms. The number of ether oxygens (including phenoxy) is 2. The van der Waals surface area contributed by atoms with Crippen LogP contribution in [-0.4, -0.2) is 19.2 Å². The monoisotopic (exact) mass is 438 g/mol. The van der Waals surface area contributed by atoms with E-state index in [2.05, 4.69) is 34.8 Å². The van der Waals surface area contributed by atoms with E-state index in [0.717, 1.165) is 22.3 Å². The van der Waals surface area contributed by atoms with Crippen LogP contribution >= 0.6 is 0 Å². The summed E-state index contributed by atoms with van der Waals surface area (Å²) in [5, 5.41) is 6.42. The molecule has 166 valence electrons. The van der Waals surface area contributed by atoms with Crippen LogP contribution in [0.15, 0.2) is 90.0 Å². The van der Waals surface area contributed by atoms with E-state index in [1.54, 1.807) is 13.3 Å². The molecule has 4 aromatic rings. The van der Waals surface area contributed by atoms with E-state index in [0.29, 0.717) is 18.1 Å². The summed E-state index contributed by atoms with van der Waals surface area (Å²) in [5.74, 6) is 1.08. The molecule has 0 heterocycles. The molecular formula is C28H26N2O3. The van der Waals surface area contributed by atoms with Crippen LogP contribution in [-0.2, 0) is 17.8 Å². The van der Waals surface area contributed by atoms with Crippen molar-refractivity contribution in [3.63, 3.8) is 0 Å². The van der Waals surface area contributed by atoms with Crippen LogP contribution in [0.5, 0.6) is 11.5 Å². The lowest BCUT2D eigenvalue weighted by molar-refractivity contribution is -0.120. The fourth-order valence-electron chi connectivity index (χ4n) is 3.57. The topological polar surface area (TPSA) is 59.9 Å². The molecule has 0 saturated heterocycles. The first-order chi connectivity index (χ1) is 16.1. The number of methoxy groups -OCH3 is 1. The maximum Gasteiger partial charge on any atom is 0.244 e. The minimum absolute atomic E-state index is 0.169. The summed E-state index contributed by atoms with van der Waals surface area (Å²) in [5.41, 5.74) is 6.58. The zero-order valence-corrected chi connectivity index (χ0v) is 18.7. The van der Waals surface area contributed by atoms with Gasteiger partial charge in [-0.05, 0) is 52.6 Å². The van der Waals surface area contributed by atoms with Crippen molar-refractivity contribution in [3.8, 4) is 11.5 Å². The van der Waals surface area contributed by atoms with Gasteiger partial charge in [-0.2, -0.15) is 5.10 Å². The molecule has 0 aliphatic heterocycles. The van der Waals surface area contributed by atoms with Crippen LogP contribution in [0.25, 0.3) is 10.8 Å². The molecule has 4 rings (SSSR count). The van der Waals surface area contributed by atoms with Crippen LogP contribution < -0.4 is 14.9 Å². The molecule has 0 fully saturated rings. The number of benzene rings is 4. The van der Waals surface area contributed by atoms with Gasteiger partial charge in [0.2, 0.25) is 5.91 Å². The molecule has 0 unspecified atom stereocenters. The van der Waals surface area contributed by atoms with E-state index >= 15 is 0 Å². The predicted molar refractivity (Wildman–Crippen MR) is 132 cm³/mol. The van der Waals surface area contributed by atoms with Gasteiger partial charge < -0.3 is 9.47 Å². The molecule has 0 aromatic heterocycles. The third-order valence-electron chi connectivity index (χ3n) is 5.34. The number of fused-ring (bicyclic) bond motifs is 1. The first-order valence-electron chi connectivity index (χ1n) is 10.8. The van der Waals surface area contributed by atoms with Crippen molar-refractivity contribution in [2.24, 2.45) is 5.10 Å². The predicted octanol–water partition coefficient (Wildman–Crippen LogP) is 5.43. The van der Waals surface area contributed by atoms with Crippen LogP contribution in [0.2, 0.25) is 0 Å². The Balaban J connectivity index is 1.38. The Labute approximate surface area is 193 Å². The third-order valence-corrected chi connectivity index (χ3v) is 5.34. The third kappa shape index (κ3) is 5.77. The van der Waals surface area contributed by atoms with Gasteiger partial charge >= 0.3 is 0 Å². The number of hydrazone groups is 1. The largest absolute Gasteiger partial charge is 0.493 e. The van der Waals surface area contributed by atoms with Gasteiger partial charge in [-0.3, -0.25) is 4.79 Å². The van der Waals surface area contributed by atoms with Crippen LogP contribution in [0.4, 0.5) is 0 Å². The van der Waals surface area contributed by atoms with Crippen molar-refractivity contribution in [2.75, 3.05) is 7.11 Å². The Kier molecular flexibility index (Phi) is 7.00. The molecule has 0 atom stereocenters. The molecule has 1 amide bonds. The molecule has 0 bridgehead atoms. The summed E-state index contributed by atoms with van der Waals surface area (Å²) in [6.07, 6.45) is 1.87. The van der Waals surface area contributed by atoms with Gasteiger partial charge in [-0.25, -0.2) is 5.43 Å². The number of carbonyl (C=O) groups is 1. The minimum atomic E-state index is -0.169. The normalized spacial score (nSPS) is 11.0. The smallest absolute Gasteiger partial charge is 0.244 e. The number of carbonyl (C=O) groups excluding carboxylic acids is 1. The van der Waals surface area contributed by atoms with E-state index in [9.17, 15) is 4.79 Å². The summed E-state index contributed by atoms with van der Waals surface area (Å²) >= 11 is 0. The zero-order valence-electron chi connectivity index (χ0n) is 18.7. The van der Waals surface area contributed by atoms with Crippen molar-refractivity contribution in [3.05, 3.63) is 107 Å². The molecule has 5 nitrogen and oxygen atoms in total. The molecule has 0 aliphatic carbocycles. The Hall–Kier alpha value is -4.12. The van der Waals surface area contributed by atoms with Gasteiger partial charge in [0.1, 0.15) is 6.61 Å². The van der Waals surface area contributed by atoms with Crippen molar-refractivity contribution >= 4 is 22.9 Å². The highest BCUT2D eigenvalue weighted by Crippen LogP contribution is 2.29. The maximum absolute atomic E-state index is 12.1. The fraction of sp³-hybridized carbons (Fsp3) is 0.143. The Morgan fingerprint density at radius 1 is 0.939 bits per heavy atom. The van der Waals surface area contributed by atoms with E-state index < -0.39 is 0 Å². The lowest BCUT2D eigenvalue weighted by Gasteiger charge is -2.12. The molecular weight excluding hydrogens is 412 g/mol. The summed E-state index contributed by atoms with van der Waals surface area (Å²) in [7, 11) is 1.60. The number of rotatable bonds is 8. The number of amides is 1. The van der Waals surface area contributed by atoms with Gasteiger partial charge in [-0.1, -0.05) is 72.3 Å². The number of hydrogen-bond acceptors (Lipinski definition) is 4. The maximum atomic E-state index is 12.1. The summed E-state index contributed by atoms with van der Waals surface area (Å²) in [4.78, 5) is 12.1. The fourth-order valence-corrected chi connectivity index (χ4v) is 3.57. The lowest BCUT2D eigenvalue weighted by atomic mass is 10.1. The molecule has 4 aromatic carbocycles. The van der Waals surface area contributed by atoms with E-state index in [1.165, 1.54) is 10.8 Å². The van der Waals surface area contributed by atoms with Crippen LogP contribution in [0.3, 0.4) is 0 Å². The average molecular weight is 439 g/mol.